The Hall–Kier alpha value is -1.40. The van der Waals surface area contributed by atoms with E-state index in [1.165, 1.54) is 0 Å². The molecule has 0 saturated carbocycles. The first-order valence-corrected chi connectivity index (χ1v) is 15.5. The molecule has 0 spiro atoms. The summed E-state index contributed by atoms with van der Waals surface area (Å²) in [5.74, 6) is 0.630. The van der Waals surface area contributed by atoms with Crippen LogP contribution in [0, 0.1) is 11.8 Å². The van der Waals surface area contributed by atoms with Gasteiger partial charge in [-0.1, -0.05) is 48.5 Å². The van der Waals surface area contributed by atoms with Gasteiger partial charge >= 0.3 is 6.09 Å². The van der Waals surface area contributed by atoms with Gasteiger partial charge in [0, 0.05) is 41.5 Å². The van der Waals surface area contributed by atoms with Crippen molar-refractivity contribution in [3.8, 4) is 0 Å². The van der Waals surface area contributed by atoms with Gasteiger partial charge in [-0.3, -0.25) is 9.59 Å². The Bertz CT molecular complexity index is 693. The Morgan fingerprint density at radius 2 is 1.32 bits per heavy atom. The van der Waals surface area contributed by atoms with Crippen LogP contribution in [0.3, 0.4) is 0 Å². The van der Waals surface area contributed by atoms with Gasteiger partial charge in [0.05, 0.1) is 52.8 Å². The number of alkyl carbamates (subject to hydrolysis) is 1. The third-order valence-electron chi connectivity index (χ3n) is 5.76. The standard InChI is InChI=1S/C29H57N3O7S/c1-22(2)21-39-28(35)31-12-14-37-16-18-38-17-15-36-13-11-30-27(34)19-29(7,8)40-25(6)10-9-24(5)32-20-26(33)23(3)4/h22-25,32H,9-21H2,1-8H3,(H,30,34)(H,31,35). The van der Waals surface area contributed by atoms with E-state index in [1.807, 2.05) is 39.5 Å². The minimum atomic E-state index is -0.429. The van der Waals surface area contributed by atoms with Crippen LogP contribution in [0.15, 0.2) is 0 Å². The van der Waals surface area contributed by atoms with E-state index in [-0.39, 0.29) is 28.4 Å². The summed E-state index contributed by atoms with van der Waals surface area (Å²) in [6.45, 7) is 20.6. The lowest BCUT2D eigenvalue weighted by Gasteiger charge is -2.28. The molecule has 0 aliphatic rings. The number of rotatable bonds is 25. The first kappa shape index (κ1) is 38.6. The van der Waals surface area contributed by atoms with E-state index in [1.54, 1.807) is 0 Å². The molecule has 0 rings (SSSR count). The number of amides is 2. The summed E-state index contributed by atoms with van der Waals surface area (Å²) in [7, 11) is 0. The molecule has 0 aromatic carbocycles. The molecule has 3 N–H and O–H groups in total. The van der Waals surface area contributed by atoms with Gasteiger partial charge in [-0.25, -0.2) is 4.79 Å². The van der Waals surface area contributed by atoms with Crippen molar-refractivity contribution < 1.29 is 33.3 Å². The third kappa shape index (κ3) is 24.4. The molecule has 40 heavy (non-hydrogen) atoms. The number of hydrogen-bond acceptors (Lipinski definition) is 9. The number of hydrogen-bond donors (Lipinski definition) is 3. The Morgan fingerprint density at radius 3 is 1.88 bits per heavy atom. The maximum Gasteiger partial charge on any atom is 0.407 e. The van der Waals surface area contributed by atoms with Gasteiger partial charge in [-0.15, -0.1) is 0 Å². The molecule has 0 bridgehead atoms. The van der Waals surface area contributed by atoms with Crippen molar-refractivity contribution >= 4 is 29.5 Å². The molecule has 0 aliphatic carbocycles. The monoisotopic (exact) mass is 591 g/mol. The summed E-state index contributed by atoms with van der Waals surface area (Å²) in [5, 5.41) is 9.29. The minimum absolute atomic E-state index is 0.0200. The smallest absolute Gasteiger partial charge is 0.407 e. The molecule has 0 saturated heterocycles. The first-order valence-electron chi connectivity index (χ1n) is 14.7. The molecule has 0 fully saturated rings. The zero-order valence-corrected chi connectivity index (χ0v) is 27.1. The van der Waals surface area contributed by atoms with Gasteiger partial charge in [-0.2, -0.15) is 11.8 Å². The fraction of sp³-hybridized carbons (Fsp3) is 0.897. The molecule has 2 unspecified atom stereocenters. The summed E-state index contributed by atoms with van der Waals surface area (Å²) >= 11 is 1.83. The van der Waals surface area contributed by atoms with Crippen LogP contribution in [0.25, 0.3) is 0 Å². The van der Waals surface area contributed by atoms with Gasteiger partial charge in [0.2, 0.25) is 5.91 Å². The number of ketones is 1. The van der Waals surface area contributed by atoms with Crippen LogP contribution in [0.2, 0.25) is 0 Å². The quantitative estimate of drug-likeness (QED) is 0.136. The summed E-state index contributed by atoms with van der Waals surface area (Å²) in [6, 6.07) is 0.288. The zero-order chi connectivity index (χ0) is 30.4. The Balaban J connectivity index is 3.71. The van der Waals surface area contributed by atoms with E-state index in [4.69, 9.17) is 18.9 Å². The van der Waals surface area contributed by atoms with Gasteiger partial charge in [-0.05, 0) is 25.7 Å². The van der Waals surface area contributed by atoms with Crippen LogP contribution in [0.5, 0.6) is 0 Å². The lowest BCUT2D eigenvalue weighted by Crippen LogP contribution is -2.34. The van der Waals surface area contributed by atoms with Crippen molar-refractivity contribution in [3.63, 3.8) is 0 Å². The number of thioether (sulfide) groups is 1. The summed E-state index contributed by atoms with van der Waals surface area (Å²) in [6.07, 6.45) is 2.02. The molecular formula is C29H57N3O7S. The molecule has 236 valence electrons. The van der Waals surface area contributed by atoms with E-state index in [0.717, 1.165) is 12.8 Å². The van der Waals surface area contributed by atoms with Crippen molar-refractivity contribution in [1.29, 1.82) is 0 Å². The largest absolute Gasteiger partial charge is 0.449 e. The van der Waals surface area contributed by atoms with E-state index >= 15 is 0 Å². The van der Waals surface area contributed by atoms with Crippen LogP contribution >= 0.6 is 11.8 Å². The van der Waals surface area contributed by atoms with Crippen LogP contribution in [-0.4, -0.2) is 99.7 Å². The van der Waals surface area contributed by atoms with Gasteiger partial charge in [0.15, 0.2) is 0 Å². The fourth-order valence-electron chi connectivity index (χ4n) is 3.48. The van der Waals surface area contributed by atoms with E-state index in [2.05, 4.69) is 43.6 Å². The maximum absolute atomic E-state index is 12.4. The molecule has 11 heteroatoms. The molecule has 2 atom stereocenters. The molecular weight excluding hydrogens is 534 g/mol. The second-order valence-electron chi connectivity index (χ2n) is 11.5. The average molecular weight is 592 g/mol. The third-order valence-corrected chi connectivity index (χ3v) is 7.18. The lowest BCUT2D eigenvalue weighted by molar-refractivity contribution is -0.122. The highest BCUT2D eigenvalue weighted by molar-refractivity contribution is 8.01. The highest BCUT2D eigenvalue weighted by atomic mass is 32.2. The van der Waals surface area contributed by atoms with Gasteiger partial charge < -0.3 is 34.9 Å². The molecule has 0 heterocycles. The predicted molar refractivity (Wildman–Crippen MR) is 162 cm³/mol. The van der Waals surface area contributed by atoms with Crippen molar-refractivity contribution in [3.05, 3.63) is 0 Å². The minimum Gasteiger partial charge on any atom is -0.449 e. The topological polar surface area (TPSA) is 124 Å². The zero-order valence-electron chi connectivity index (χ0n) is 26.3. The van der Waals surface area contributed by atoms with Crippen molar-refractivity contribution in [2.45, 2.75) is 90.7 Å². The summed E-state index contributed by atoms with van der Waals surface area (Å²) in [5.41, 5.74) is 0. The molecule has 0 aromatic rings. The average Bonchev–Trinajstić information content (AvgIpc) is 2.86. The number of carbonyl (C=O) groups excluding carboxylic acids is 3. The van der Waals surface area contributed by atoms with Gasteiger partial charge in [0.25, 0.3) is 0 Å². The number of ether oxygens (including phenoxy) is 4. The first-order chi connectivity index (χ1) is 18.8. The molecule has 0 radical (unpaired) electrons. The second kappa shape index (κ2) is 23.2. The second-order valence-corrected chi connectivity index (χ2v) is 13.6. The molecule has 10 nitrogen and oxygen atoms in total. The molecule has 2 amide bonds. The van der Waals surface area contributed by atoms with Crippen molar-refractivity contribution in [2.24, 2.45) is 11.8 Å². The highest BCUT2D eigenvalue weighted by Gasteiger charge is 2.25. The van der Waals surface area contributed by atoms with E-state index in [9.17, 15) is 14.4 Å². The highest BCUT2D eigenvalue weighted by Crippen LogP contribution is 2.33. The number of carbonyl (C=O) groups is 3. The van der Waals surface area contributed by atoms with E-state index in [0.29, 0.717) is 83.5 Å². The number of Topliss-reactive ketones (excluding diaryl/α,β-unsaturated/α-hetero) is 1. The van der Waals surface area contributed by atoms with Crippen molar-refractivity contribution in [1.82, 2.24) is 16.0 Å². The Kier molecular flexibility index (Phi) is 22.4. The van der Waals surface area contributed by atoms with Gasteiger partial charge in [0.1, 0.15) is 5.78 Å². The Labute approximate surface area is 247 Å². The van der Waals surface area contributed by atoms with Crippen molar-refractivity contribution in [2.75, 3.05) is 65.9 Å². The summed E-state index contributed by atoms with van der Waals surface area (Å²) < 4.78 is 21.2. The normalized spacial score (nSPS) is 13.3. The molecule has 0 aromatic heterocycles. The van der Waals surface area contributed by atoms with Crippen LogP contribution < -0.4 is 16.0 Å². The molecule has 0 aliphatic heterocycles. The predicted octanol–water partition coefficient (Wildman–Crippen LogP) is 3.81. The van der Waals surface area contributed by atoms with Crippen LogP contribution in [-0.2, 0) is 28.5 Å². The van der Waals surface area contributed by atoms with Crippen LogP contribution in [0.4, 0.5) is 4.79 Å². The Morgan fingerprint density at radius 1 is 0.775 bits per heavy atom. The van der Waals surface area contributed by atoms with Crippen LogP contribution in [0.1, 0.15) is 74.7 Å². The maximum atomic E-state index is 12.4. The SMILES string of the molecule is CC(C)COC(=O)NCCOCCOCCOCCNC(=O)CC(C)(C)SC(C)CCC(C)NCC(=O)C(C)C. The van der Waals surface area contributed by atoms with E-state index < -0.39 is 6.09 Å². The number of nitrogens with one attached hydrogen (secondary N) is 3. The summed E-state index contributed by atoms with van der Waals surface area (Å²) in [4.78, 5) is 35.6. The lowest BCUT2D eigenvalue weighted by atomic mass is 10.1. The fourth-order valence-corrected chi connectivity index (χ4v) is 5.04.